The number of carboxylic acid groups (broad SMARTS) is 1. The summed E-state index contributed by atoms with van der Waals surface area (Å²) >= 11 is 0. The van der Waals surface area contributed by atoms with Crippen molar-refractivity contribution in [1.29, 1.82) is 0 Å². The van der Waals surface area contributed by atoms with E-state index in [1.165, 1.54) is 12.1 Å². The van der Waals surface area contributed by atoms with Crippen LogP contribution in [0.4, 0.5) is 9.59 Å². The zero-order valence-electron chi connectivity index (χ0n) is 23.4. The molecule has 1 atom stereocenters. The number of rotatable bonds is 18. The number of nitrogens with one attached hydrogen (secondary N) is 2. The van der Waals surface area contributed by atoms with Crippen LogP contribution < -0.4 is 25.8 Å². The van der Waals surface area contributed by atoms with Crippen LogP contribution in [0.5, 0.6) is 11.5 Å². The minimum Gasteiger partial charge on any atom is -0.480 e. The lowest BCUT2D eigenvalue weighted by Gasteiger charge is -2.14. The number of carboxylic acids is 1. The van der Waals surface area contributed by atoms with Crippen molar-refractivity contribution >= 4 is 24.1 Å². The third kappa shape index (κ3) is 14.8. The van der Waals surface area contributed by atoms with E-state index in [2.05, 4.69) is 25.3 Å². The van der Waals surface area contributed by atoms with E-state index in [-0.39, 0.29) is 50.1 Å². The molecule has 5 N–H and O–H groups in total. The summed E-state index contributed by atoms with van der Waals surface area (Å²) in [4.78, 5) is 68.9. The van der Waals surface area contributed by atoms with Crippen LogP contribution in [-0.4, -0.2) is 65.2 Å². The fourth-order valence-corrected chi connectivity index (χ4v) is 3.67. The molecule has 0 spiro atoms. The number of benzene rings is 2. The number of nitrogens with zero attached hydrogens (tertiary/aromatic N) is 3. The predicted octanol–water partition coefficient (Wildman–Crippen LogP) is 2.39. The second-order valence-corrected chi connectivity index (χ2v) is 8.96. The fourth-order valence-electron chi connectivity index (χ4n) is 3.67. The number of carbonyl (C=O) groups is 3. The molecule has 0 aliphatic carbocycles. The van der Waals surface area contributed by atoms with Crippen molar-refractivity contribution in [3.63, 3.8) is 0 Å². The molecular formula is C26H32N6O12. The van der Waals surface area contributed by atoms with Crippen LogP contribution in [0.2, 0.25) is 0 Å². The summed E-state index contributed by atoms with van der Waals surface area (Å²) in [6.45, 7) is -0.128. The van der Waals surface area contributed by atoms with Crippen LogP contribution in [0.3, 0.4) is 0 Å². The van der Waals surface area contributed by atoms with Crippen molar-refractivity contribution in [1.82, 2.24) is 10.6 Å². The standard InChI is InChI=1S/C26H32N6O12/c27-24(30-26(36)44-21-11-2-7-19(17-21)9-5-15-42-32(39)40)28-13-3-12-22(23(33)34)29-25(35)43-20-10-1-6-18(16-20)8-4-14-41-31(37)38/h1-2,6-7,10-11,16-17,22H,3-5,8-9,12-15H2,(H,29,35)(H,33,34)(H3,27,28,30,36). The van der Waals surface area contributed by atoms with Gasteiger partial charge in [0.25, 0.3) is 10.2 Å². The summed E-state index contributed by atoms with van der Waals surface area (Å²) in [5, 5.41) is 32.6. The molecule has 2 aromatic carbocycles. The van der Waals surface area contributed by atoms with Crippen molar-refractivity contribution in [3.8, 4) is 11.5 Å². The van der Waals surface area contributed by atoms with Crippen LogP contribution >= 0.6 is 0 Å². The number of aliphatic imine (C=N–C) groups is 1. The maximum atomic E-state index is 12.3. The lowest BCUT2D eigenvalue weighted by molar-refractivity contribution is -0.757. The van der Waals surface area contributed by atoms with Gasteiger partial charge in [0.2, 0.25) is 0 Å². The Labute approximate surface area is 250 Å². The molecule has 18 heteroatoms. The number of hydrogen-bond donors (Lipinski definition) is 4. The van der Waals surface area contributed by atoms with Crippen molar-refractivity contribution < 1.29 is 48.8 Å². The van der Waals surface area contributed by atoms with E-state index in [1.54, 1.807) is 36.4 Å². The van der Waals surface area contributed by atoms with E-state index in [0.717, 1.165) is 11.1 Å². The number of aliphatic carboxylic acids is 1. The first kappa shape index (κ1) is 34.5. The van der Waals surface area contributed by atoms with Gasteiger partial charge in [-0.05, 0) is 73.9 Å². The Hall–Kier alpha value is -5.68. The largest absolute Gasteiger partial charge is 0.480 e. The molecule has 44 heavy (non-hydrogen) atoms. The van der Waals surface area contributed by atoms with Gasteiger partial charge in [-0.3, -0.25) is 10.3 Å². The molecule has 2 aromatic rings. The van der Waals surface area contributed by atoms with Gasteiger partial charge in [-0.15, -0.1) is 20.2 Å². The maximum Gasteiger partial charge on any atom is 0.419 e. The van der Waals surface area contributed by atoms with Crippen molar-refractivity contribution in [3.05, 3.63) is 79.9 Å². The maximum absolute atomic E-state index is 12.3. The molecule has 18 nitrogen and oxygen atoms in total. The summed E-state index contributed by atoms with van der Waals surface area (Å²) in [6.07, 6.45) is -0.118. The van der Waals surface area contributed by atoms with E-state index in [1.807, 2.05) is 0 Å². The Balaban J connectivity index is 1.75. The van der Waals surface area contributed by atoms with Crippen LogP contribution in [0.1, 0.15) is 36.8 Å². The third-order valence-corrected chi connectivity index (χ3v) is 5.58. The first-order valence-corrected chi connectivity index (χ1v) is 13.2. The smallest absolute Gasteiger partial charge is 0.419 e. The second kappa shape index (κ2) is 18.7. The van der Waals surface area contributed by atoms with Gasteiger partial charge in [0, 0.05) is 6.54 Å². The van der Waals surface area contributed by atoms with Gasteiger partial charge in [-0.1, -0.05) is 24.3 Å². The van der Waals surface area contributed by atoms with Gasteiger partial charge >= 0.3 is 18.2 Å². The Morgan fingerprint density at radius 3 is 1.89 bits per heavy atom. The van der Waals surface area contributed by atoms with Gasteiger partial charge in [0.15, 0.2) is 5.96 Å². The molecule has 0 saturated carbocycles. The van der Waals surface area contributed by atoms with Gasteiger partial charge in [0.1, 0.15) is 17.5 Å². The minimum absolute atomic E-state index is 0.0243. The third-order valence-electron chi connectivity index (χ3n) is 5.58. The predicted molar refractivity (Wildman–Crippen MR) is 151 cm³/mol. The zero-order chi connectivity index (χ0) is 32.3. The molecule has 1 unspecified atom stereocenters. The lowest BCUT2D eigenvalue weighted by Crippen LogP contribution is -2.42. The summed E-state index contributed by atoms with van der Waals surface area (Å²) in [7, 11) is 0. The Morgan fingerprint density at radius 2 is 1.39 bits per heavy atom. The highest BCUT2D eigenvalue weighted by atomic mass is 17.0. The Morgan fingerprint density at radius 1 is 0.864 bits per heavy atom. The van der Waals surface area contributed by atoms with Crippen LogP contribution in [0, 0.1) is 20.2 Å². The summed E-state index contributed by atoms with van der Waals surface area (Å²) < 4.78 is 10.3. The minimum atomic E-state index is -1.30. The van der Waals surface area contributed by atoms with E-state index in [0.29, 0.717) is 25.7 Å². The molecule has 0 fully saturated rings. The van der Waals surface area contributed by atoms with Crippen molar-refractivity contribution in [2.24, 2.45) is 10.7 Å². The Kier molecular flexibility index (Phi) is 14.7. The van der Waals surface area contributed by atoms with Crippen molar-refractivity contribution in [2.45, 2.75) is 44.6 Å². The van der Waals surface area contributed by atoms with Crippen LogP contribution in [0.25, 0.3) is 0 Å². The average molecular weight is 621 g/mol. The Bertz CT molecular complexity index is 1320. The molecule has 238 valence electrons. The summed E-state index contributed by atoms with van der Waals surface area (Å²) in [6, 6.07) is 11.6. The monoisotopic (exact) mass is 620 g/mol. The number of amides is 2. The molecule has 0 aromatic heterocycles. The molecule has 0 bridgehead atoms. The number of hydrogen-bond acceptors (Lipinski definition) is 12. The average Bonchev–Trinajstić information content (AvgIpc) is 2.95. The number of carbonyl (C=O) groups excluding carboxylic acids is 2. The lowest BCUT2D eigenvalue weighted by atomic mass is 10.1. The second-order valence-electron chi connectivity index (χ2n) is 8.96. The molecule has 0 heterocycles. The first-order valence-electron chi connectivity index (χ1n) is 13.2. The fraction of sp³-hybridized carbons (Fsp3) is 0.385. The van der Waals surface area contributed by atoms with Crippen molar-refractivity contribution in [2.75, 3.05) is 19.8 Å². The van der Waals surface area contributed by atoms with Gasteiger partial charge < -0.3 is 35.3 Å². The highest BCUT2D eigenvalue weighted by Gasteiger charge is 2.20. The highest BCUT2D eigenvalue weighted by molar-refractivity contribution is 5.93. The molecule has 0 radical (unpaired) electrons. The summed E-state index contributed by atoms with van der Waals surface area (Å²) in [5.74, 6) is -1.21. The van der Waals surface area contributed by atoms with E-state index in [9.17, 15) is 39.7 Å². The SMILES string of the molecule is NC(=NCCCC(NC(=O)Oc1cccc(CCCO[N+](=O)[O-])c1)C(=O)O)NC(=O)Oc1cccc(CCCO[N+](=O)[O-])c1. The first-order chi connectivity index (χ1) is 21.0. The van der Waals surface area contributed by atoms with Gasteiger partial charge in [-0.2, -0.15) is 0 Å². The normalized spacial score (nSPS) is 11.5. The quantitative estimate of drug-likeness (QED) is 0.0614. The summed E-state index contributed by atoms with van der Waals surface area (Å²) in [5.41, 5.74) is 7.19. The molecule has 0 saturated heterocycles. The topological polar surface area (TPSA) is 257 Å². The molecule has 0 aliphatic heterocycles. The van der Waals surface area contributed by atoms with E-state index in [4.69, 9.17) is 15.2 Å². The molecule has 2 amide bonds. The number of nitrogens with two attached hydrogens (primary N) is 1. The number of aryl methyl sites for hydroxylation is 2. The van der Waals surface area contributed by atoms with Gasteiger partial charge in [-0.25, -0.2) is 14.4 Å². The van der Waals surface area contributed by atoms with E-state index >= 15 is 0 Å². The van der Waals surface area contributed by atoms with Gasteiger partial charge in [0.05, 0.1) is 13.2 Å². The molecule has 0 aliphatic rings. The zero-order valence-corrected chi connectivity index (χ0v) is 23.4. The number of ether oxygens (including phenoxy) is 2. The molecular weight excluding hydrogens is 588 g/mol. The van der Waals surface area contributed by atoms with Crippen LogP contribution in [0.15, 0.2) is 53.5 Å². The van der Waals surface area contributed by atoms with Crippen LogP contribution in [-0.2, 0) is 27.3 Å². The number of guanidine groups is 1. The van der Waals surface area contributed by atoms with E-state index < -0.39 is 34.4 Å². The molecule has 2 rings (SSSR count). The highest BCUT2D eigenvalue weighted by Crippen LogP contribution is 2.16.